The highest BCUT2D eigenvalue weighted by molar-refractivity contribution is 5.94. The van der Waals surface area contributed by atoms with Crippen molar-refractivity contribution in [3.05, 3.63) is 117 Å². The van der Waals surface area contributed by atoms with Crippen molar-refractivity contribution in [3.63, 3.8) is 0 Å². The first kappa shape index (κ1) is 24.2. The van der Waals surface area contributed by atoms with Gasteiger partial charge in [0.25, 0.3) is 5.91 Å². The Balaban J connectivity index is 1.12. The third-order valence-corrected chi connectivity index (χ3v) is 7.66. The highest BCUT2D eigenvalue weighted by atomic mass is 16.5. The van der Waals surface area contributed by atoms with Crippen molar-refractivity contribution in [1.29, 1.82) is 0 Å². The highest BCUT2D eigenvalue weighted by Gasteiger charge is 2.43. The molecule has 10 nitrogen and oxygen atoms in total. The van der Waals surface area contributed by atoms with Crippen molar-refractivity contribution in [1.82, 2.24) is 35.3 Å². The van der Waals surface area contributed by atoms with E-state index >= 15 is 0 Å². The van der Waals surface area contributed by atoms with E-state index in [1.54, 1.807) is 11.8 Å². The van der Waals surface area contributed by atoms with Gasteiger partial charge in [-0.15, -0.1) is 5.10 Å². The van der Waals surface area contributed by atoms with Crippen LogP contribution < -0.4 is 10.1 Å². The molecule has 0 spiro atoms. The molecule has 0 radical (unpaired) electrons. The van der Waals surface area contributed by atoms with Crippen molar-refractivity contribution in [2.45, 2.75) is 39.1 Å². The molecule has 0 saturated carbocycles. The molecule has 40 heavy (non-hydrogen) atoms. The van der Waals surface area contributed by atoms with Gasteiger partial charge in [-0.25, -0.2) is 4.68 Å². The zero-order valence-electron chi connectivity index (χ0n) is 22.3. The van der Waals surface area contributed by atoms with Crippen molar-refractivity contribution < 1.29 is 14.3 Å². The molecule has 2 aliphatic heterocycles. The molecule has 2 atom stereocenters. The van der Waals surface area contributed by atoms with Crippen molar-refractivity contribution in [3.8, 4) is 11.4 Å². The van der Waals surface area contributed by atoms with Crippen molar-refractivity contribution >= 4 is 5.91 Å². The number of hydrogen-bond donors (Lipinski definition) is 1. The number of nitrogens with zero attached hydrogens (tertiary/aromatic N) is 6. The number of aryl methyl sites for hydroxylation is 2. The Morgan fingerprint density at radius 3 is 2.52 bits per heavy atom. The SMILES string of the molecule is COc1ccc(-n2cnnn2)c(CNC(=O)c2ccc3c(c2)C2OC3c3ccc(Cn4nc(C)cc4C)cc32)c1. The number of fused-ring (bicyclic) bond motifs is 8. The summed E-state index contributed by atoms with van der Waals surface area (Å²) in [5, 5.41) is 19.1. The molecule has 4 heterocycles. The smallest absolute Gasteiger partial charge is 0.251 e. The third-order valence-electron chi connectivity index (χ3n) is 7.66. The summed E-state index contributed by atoms with van der Waals surface area (Å²) in [5.41, 5.74) is 10.0. The molecule has 5 aromatic rings. The number of ether oxygens (including phenoxy) is 2. The molecule has 200 valence electrons. The minimum atomic E-state index is -0.187. The molecule has 3 aromatic carbocycles. The lowest BCUT2D eigenvalue weighted by molar-refractivity contribution is 0.0857. The lowest BCUT2D eigenvalue weighted by atomic mass is 9.84. The Labute approximate surface area is 230 Å². The molecule has 0 aliphatic carbocycles. The van der Waals surface area contributed by atoms with E-state index < -0.39 is 0 Å². The van der Waals surface area contributed by atoms with Gasteiger partial charge in [0.15, 0.2) is 0 Å². The molecule has 1 amide bonds. The number of carbonyl (C=O) groups is 1. The molecular weight excluding hydrogens is 506 g/mol. The molecule has 2 unspecified atom stereocenters. The van der Waals surface area contributed by atoms with E-state index in [2.05, 4.69) is 57.1 Å². The molecule has 1 N–H and O–H groups in total. The Kier molecular flexibility index (Phi) is 5.71. The summed E-state index contributed by atoms with van der Waals surface area (Å²) in [6.07, 6.45) is 1.22. The molecule has 7 rings (SSSR count). The first-order valence-corrected chi connectivity index (χ1v) is 13.1. The Hall–Kier alpha value is -4.83. The second-order valence-corrected chi connectivity index (χ2v) is 10.2. The summed E-state index contributed by atoms with van der Waals surface area (Å²) >= 11 is 0. The zero-order valence-corrected chi connectivity index (χ0v) is 22.3. The fourth-order valence-electron chi connectivity index (χ4n) is 5.75. The van der Waals surface area contributed by atoms with Crippen LogP contribution in [0, 0.1) is 13.8 Å². The summed E-state index contributed by atoms with van der Waals surface area (Å²) in [6.45, 7) is 5.07. The van der Waals surface area contributed by atoms with Gasteiger partial charge >= 0.3 is 0 Å². The second-order valence-electron chi connectivity index (χ2n) is 10.2. The van der Waals surface area contributed by atoms with Crippen LogP contribution in [0.5, 0.6) is 5.75 Å². The van der Waals surface area contributed by atoms with E-state index in [9.17, 15) is 4.79 Å². The molecule has 2 aliphatic rings. The molecule has 2 aromatic heterocycles. The number of rotatable bonds is 7. The van der Waals surface area contributed by atoms with E-state index in [4.69, 9.17) is 9.47 Å². The lowest BCUT2D eigenvalue weighted by Gasteiger charge is -2.18. The van der Waals surface area contributed by atoms with Gasteiger partial charge < -0.3 is 14.8 Å². The van der Waals surface area contributed by atoms with Crippen LogP contribution in [0.25, 0.3) is 5.69 Å². The Bertz CT molecular complexity index is 1760. The number of amides is 1. The number of carbonyl (C=O) groups excluding carboxylic acids is 1. The first-order valence-electron chi connectivity index (χ1n) is 13.1. The topological polar surface area (TPSA) is 109 Å². The zero-order chi connectivity index (χ0) is 27.4. The summed E-state index contributed by atoms with van der Waals surface area (Å²) in [4.78, 5) is 13.3. The molecule has 0 saturated heterocycles. The van der Waals surface area contributed by atoms with Gasteiger partial charge in [0, 0.05) is 23.4 Å². The minimum Gasteiger partial charge on any atom is -0.497 e. The number of aromatic nitrogens is 6. The van der Waals surface area contributed by atoms with Crippen LogP contribution >= 0.6 is 0 Å². The van der Waals surface area contributed by atoms with Crippen molar-refractivity contribution in [2.75, 3.05) is 7.11 Å². The Morgan fingerprint density at radius 2 is 1.77 bits per heavy atom. The van der Waals surface area contributed by atoms with Crippen LogP contribution in [0.4, 0.5) is 0 Å². The third kappa shape index (κ3) is 4.04. The molecule has 2 bridgehead atoms. The van der Waals surface area contributed by atoms with E-state index in [1.807, 2.05) is 48.0 Å². The first-order chi connectivity index (χ1) is 19.5. The largest absolute Gasteiger partial charge is 0.497 e. The summed E-state index contributed by atoms with van der Waals surface area (Å²) in [6, 6.07) is 20.0. The van der Waals surface area contributed by atoms with E-state index in [0.29, 0.717) is 17.9 Å². The average Bonchev–Trinajstić information content (AvgIpc) is 3.76. The predicted molar refractivity (Wildman–Crippen MR) is 145 cm³/mol. The van der Waals surface area contributed by atoms with Gasteiger partial charge in [-0.1, -0.05) is 24.3 Å². The fraction of sp³-hybridized carbons (Fsp3) is 0.233. The normalized spacial score (nSPS) is 16.6. The van der Waals surface area contributed by atoms with Crippen LogP contribution in [-0.4, -0.2) is 43.0 Å². The predicted octanol–water partition coefficient (Wildman–Crippen LogP) is 3.98. The molecular formula is C30H27N7O3. The highest BCUT2D eigenvalue weighted by Crippen LogP contribution is 2.54. The quantitative estimate of drug-likeness (QED) is 0.337. The van der Waals surface area contributed by atoms with E-state index in [0.717, 1.165) is 39.3 Å². The maximum Gasteiger partial charge on any atom is 0.251 e. The Morgan fingerprint density at radius 1 is 0.975 bits per heavy atom. The monoisotopic (exact) mass is 533 g/mol. The number of nitrogens with one attached hydrogen (secondary N) is 1. The molecule has 10 heteroatoms. The summed E-state index contributed by atoms with van der Waals surface area (Å²) < 4.78 is 15.4. The van der Waals surface area contributed by atoms with Gasteiger partial charge in [0.05, 0.1) is 25.0 Å². The van der Waals surface area contributed by atoms with Crippen molar-refractivity contribution in [2.24, 2.45) is 0 Å². The van der Waals surface area contributed by atoms with Crippen LogP contribution in [-0.2, 0) is 17.8 Å². The van der Waals surface area contributed by atoms with E-state index in [-0.39, 0.29) is 24.7 Å². The number of hydrogen-bond acceptors (Lipinski definition) is 7. The second kappa shape index (κ2) is 9.42. The maximum atomic E-state index is 13.3. The fourth-order valence-corrected chi connectivity index (χ4v) is 5.75. The van der Waals surface area contributed by atoms with Crippen LogP contribution in [0.1, 0.15) is 67.3 Å². The summed E-state index contributed by atoms with van der Waals surface area (Å²) in [5.74, 6) is 0.511. The van der Waals surface area contributed by atoms with Crippen LogP contribution in [0.15, 0.2) is 67.0 Å². The van der Waals surface area contributed by atoms with Gasteiger partial charge in [0.2, 0.25) is 0 Å². The lowest BCUT2D eigenvalue weighted by Crippen LogP contribution is -2.24. The maximum absolute atomic E-state index is 13.3. The van der Waals surface area contributed by atoms with Gasteiger partial charge in [0.1, 0.15) is 24.3 Å². The van der Waals surface area contributed by atoms with Crippen LogP contribution in [0.3, 0.4) is 0 Å². The average molecular weight is 534 g/mol. The molecule has 0 fully saturated rings. The van der Waals surface area contributed by atoms with Gasteiger partial charge in [-0.2, -0.15) is 5.10 Å². The number of benzene rings is 3. The van der Waals surface area contributed by atoms with Gasteiger partial charge in [-0.05, 0) is 88.5 Å². The summed E-state index contributed by atoms with van der Waals surface area (Å²) in [7, 11) is 1.61. The van der Waals surface area contributed by atoms with Gasteiger partial charge in [-0.3, -0.25) is 9.48 Å². The standard InChI is InChI=1S/C30H27N7O3/c1-17-10-18(2)36(33-17)15-19-4-7-23-25(11-19)29-26-13-20(5-8-24(26)28(23)40-29)30(38)31-14-21-12-22(39-3)6-9-27(21)37-16-32-34-35-37/h4-13,16,28-29H,14-15H2,1-3H3,(H,31,38). The number of tetrazole rings is 1. The van der Waals surface area contributed by atoms with Crippen LogP contribution in [0.2, 0.25) is 0 Å². The number of methoxy groups -OCH3 is 1. The minimum absolute atomic E-state index is 0.106. The van der Waals surface area contributed by atoms with E-state index in [1.165, 1.54) is 17.5 Å².